The Bertz CT molecular complexity index is 674. The molecule has 0 saturated heterocycles. The topological polar surface area (TPSA) is 51.8 Å². The maximum atomic E-state index is 6.33. The quantitative estimate of drug-likeness (QED) is 0.776. The average Bonchev–Trinajstić information content (AvgIpc) is 2.47. The van der Waals surface area contributed by atoms with Crippen molar-refractivity contribution in [1.82, 2.24) is 9.97 Å². The second kappa shape index (κ2) is 5.16. The number of hydrogen-bond acceptors (Lipinski definition) is 3. The molecule has 3 heteroatoms. The Morgan fingerprint density at radius 1 is 0.895 bits per heavy atom. The third kappa shape index (κ3) is 2.46. The molecule has 0 amide bonds. The molecular formula is C16H15N3. The van der Waals surface area contributed by atoms with Gasteiger partial charge < -0.3 is 5.73 Å². The van der Waals surface area contributed by atoms with Crippen LogP contribution in [0.3, 0.4) is 0 Å². The van der Waals surface area contributed by atoms with E-state index in [-0.39, 0.29) is 6.04 Å². The van der Waals surface area contributed by atoms with Gasteiger partial charge in [0.2, 0.25) is 0 Å². The minimum Gasteiger partial charge on any atom is -0.324 e. The Morgan fingerprint density at radius 2 is 1.68 bits per heavy atom. The molecule has 3 aromatic rings. The first-order valence-electron chi connectivity index (χ1n) is 6.34. The molecule has 3 rings (SSSR count). The van der Waals surface area contributed by atoms with Gasteiger partial charge in [-0.1, -0.05) is 42.5 Å². The van der Waals surface area contributed by atoms with Crippen LogP contribution in [0.4, 0.5) is 0 Å². The molecule has 2 N–H and O–H groups in total. The van der Waals surface area contributed by atoms with E-state index in [1.54, 1.807) is 12.4 Å². The van der Waals surface area contributed by atoms with Gasteiger partial charge in [-0.15, -0.1) is 0 Å². The summed E-state index contributed by atoms with van der Waals surface area (Å²) in [6, 6.07) is 16.2. The van der Waals surface area contributed by atoms with Gasteiger partial charge in [0.15, 0.2) is 0 Å². The van der Waals surface area contributed by atoms with E-state index in [2.05, 4.69) is 22.1 Å². The van der Waals surface area contributed by atoms with Gasteiger partial charge >= 0.3 is 0 Å². The summed E-state index contributed by atoms with van der Waals surface area (Å²) in [4.78, 5) is 8.71. The summed E-state index contributed by atoms with van der Waals surface area (Å²) in [5.74, 6) is 0. The monoisotopic (exact) mass is 249 g/mol. The largest absolute Gasteiger partial charge is 0.324 e. The molecule has 0 aliphatic heterocycles. The lowest BCUT2D eigenvalue weighted by Gasteiger charge is -2.13. The average molecular weight is 249 g/mol. The minimum atomic E-state index is -0.0669. The summed E-state index contributed by atoms with van der Waals surface area (Å²) in [5, 5.41) is 0. The van der Waals surface area contributed by atoms with Crippen LogP contribution >= 0.6 is 0 Å². The molecule has 0 aliphatic carbocycles. The van der Waals surface area contributed by atoms with Gasteiger partial charge in [-0.3, -0.25) is 9.97 Å². The van der Waals surface area contributed by atoms with E-state index in [0.717, 1.165) is 23.0 Å². The lowest BCUT2D eigenvalue weighted by atomic mass is 9.98. The summed E-state index contributed by atoms with van der Waals surface area (Å²) in [7, 11) is 0. The smallest absolute Gasteiger partial charge is 0.0934 e. The van der Waals surface area contributed by atoms with Crippen molar-refractivity contribution in [1.29, 1.82) is 0 Å². The van der Waals surface area contributed by atoms with Crippen molar-refractivity contribution in [2.75, 3.05) is 0 Å². The van der Waals surface area contributed by atoms with Crippen LogP contribution in [0.1, 0.15) is 17.2 Å². The molecule has 1 atom stereocenters. The molecule has 0 saturated carbocycles. The van der Waals surface area contributed by atoms with E-state index in [9.17, 15) is 0 Å². The fourth-order valence-electron chi connectivity index (χ4n) is 2.29. The predicted molar refractivity (Wildman–Crippen MR) is 76.6 cm³/mol. The molecule has 1 aromatic heterocycles. The third-order valence-corrected chi connectivity index (χ3v) is 3.23. The lowest BCUT2D eigenvalue weighted by molar-refractivity contribution is 0.726. The molecule has 19 heavy (non-hydrogen) atoms. The Hall–Kier alpha value is -2.26. The maximum absolute atomic E-state index is 6.33. The van der Waals surface area contributed by atoms with Gasteiger partial charge in [-0.2, -0.15) is 0 Å². The SMILES string of the molecule is NC(Cc1ccccc1)c1cccc2nccnc12. The Morgan fingerprint density at radius 3 is 2.53 bits per heavy atom. The normalized spacial score (nSPS) is 12.5. The number of rotatable bonds is 3. The third-order valence-electron chi connectivity index (χ3n) is 3.23. The summed E-state index contributed by atoms with van der Waals surface area (Å²) in [6.45, 7) is 0. The molecule has 0 bridgehead atoms. The van der Waals surface area contributed by atoms with Gasteiger partial charge in [-0.25, -0.2) is 0 Å². The van der Waals surface area contributed by atoms with Gasteiger partial charge in [0.05, 0.1) is 11.0 Å². The van der Waals surface area contributed by atoms with Crippen molar-refractivity contribution in [2.24, 2.45) is 5.73 Å². The molecule has 3 nitrogen and oxygen atoms in total. The summed E-state index contributed by atoms with van der Waals surface area (Å²) in [5.41, 5.74) is 10.4. The molecular weight excluding hydrogens is 234 g/mol. The zero-order valence-corrected chi connectivity index (χ0v) is 10.5. The molecule has 0 spiro atoms. The molecule has 1 unspecified atom stereocenters. The van der Waals surface area contributed by atoms with Crippen molar-refractivity contribution in [3.05, 3.63) is 72.1 Å². The number of benzene rings is 2. The van der Waals surface area contributed by atoms with Crippen LogP contribution in [0.25, 0.3) is 11.0 Å². The number of nitrogens with zero attached hydrogens (tertiary/aromatic N) is 2. The Balaban J connectivity index is 1.96. The Labute approximate surface area is 112 Å². The standard InChI is InChI=1S/C16H15N3/c17-14(11-12-5-2-1-3-6-12)13-7-4-8-15-16(13)19-10-9-18-15/h1-10,14H,11,17H2. The van der Waals surface area contributed by atoms with E-state index in [1.807, 2.05) is 36.4 Å². The van der Waals surface area contributed by atoms with Crippen molar-refractivity contribution < 1.29 is 0 Å². The zero-order valence-electron chi connectivity index (χ0n) is 10.5. The van der Waals surface area contributed by atoms with E-state index in [4.69, 9.17) is 5.73 Å². The first-order chi connectivity index (χ1) is 9.34. The highest BCUT2D eigenvalue weighted by molar-refractivity contribution is 5.78. The predicted octanol–water partition coefficient (Wildman–Crippen LogP) is 2.87. The van der Waals surface area contributed by atoms with E-state index in [0.29, 0.717) is 0 Å². The Kier molecular flexibility index (Phi) is 3.21. The number of para-hydroxylation sites is 1. The molecule has 0 aliphatic rings. The summed E-state index contributed by atoms with van der Waals surface area (Å²) < 4.78 is 0. The van der Waals surface area contributed by atoms with Crippen molar-refractivity contribution in [2.45, 2.75) is 12.5 Å². The first kappa shape index (κ1) is 11.8. The first-order valence-corrected chi connectivity index (χ1v) is 6.34. The van der Waals surface area contributed by atoms with Gasteiger partial charge in [0.1, 0.15) is 0 Å². The van der Waals surface area contributed by atoms with Crippen molar-refractivity contribution in [3.8, 4) is 0 Å². The van der Waals surface area contributed by atoms with Crippen molar-refractivity contribution in [3.63, 3.8) is 0 Å². The maximum Gasteiger partial charge on any atom is 0.0934 e. The van der Waals surface area contributed by atoms with E-state index in [1.165, 1.54) is 5.56 Å². The second-order valence-corrected chi connectivity index (χ2v) is 4.57. The number of fused-ring (bicyclic) bond motifs is 1. The van der Waals surface area contributed by atoms with Gasteiger partial charge in [-0.05, 0) is 23.6 Å². The van der Waals surface area contributed by atoms with Crippen molar-refractivity contribution >= 4 is 11.0 Å². The van der Waals surface area contributed by atoms with Crippen LogP contribution in [0.2, 0.25) is 0 Å². The van der Waals surface area contributed by atoms with E-state index >= 15 is 0 Å². The van der Waals surface area contributed by atoms with Crippen LogP contribution in [0.5, 0.6) is 0 Å². The summed E-state index contributed by atoms with van der Waals surface area (Å²) >= 11 is 0. The van der Waals surface area contributed by atoms with E-state index < -0.39 is 0 Å². The molecule has 94 valence electrons. The highest BCUT2D eigenvalue weighted by Gasteiger charge is 2.11. The molecule has 0 radical (unpaired) electrons. The van der Waals surface area contributed by atoms with Crippen LogP contribution in [-0.2, 0) is 6.42 Å². The fourth-order valence-corrected chi connectivity index (χ4v) is 2.29. The lowest BCUT2D eigenvalue weighted by Crippen LogP contribution is -2.14. The molecule has 0 fully saturated rings. The molecule has 1 heterocycles. The zero-order chi connectivity index (χ0) is 13.1. The van der Waals surface area contributed by atoms with Crippen LogP contribution in [0, 0.1) is 0 Å². The number of hydrogen-bond donors (Lipinski definition) is 1. The molecule has 2 aromatic carbocycles. The van der Waals surface area contributed by atoms with Crippen LogP contribution in [0.15, 0.2) is 60.9 Å². The van der Waals surface area contributed by atoms with Gasteiger partial charge in [0, 0.05) is 18.4 Å². The second-order valence-electron chi connectivity index (χ2n) is 4.57. The highest BCUT2D eigenvalue weighted by atomic mass is 14.8. The highest BCUT2D eigenvalue weighted by Crippen LogP contribution is 2.22. The number of aromatic nitrogens is 2. The van der Waals surface area contributed by atoms with Gasteiger partial charge in [0.25, 0.3) is 0 Å². The number of nitrogens with two attached hydrogens (primary N) is 1. The minimum absolute atomic E-state index is 0.0669. The van der Waals surface area contributed by atoms with Crippen LogP contribution in [-0.4, -0.2) is 9.97 Å². The summed E-state index contributed by atoms with van der Waals surface area (Å²) in [6.07, 6.45) is 4.21. The van der Waals surface area contributed by atoms with Crippen LogP contribution < -0.4 is 5.73 Å². The fraction of sp³-hybridized carbons (Fsp3) is 0.125.